The third-order valence-electron chi connectivity index (χ3n) is 3.83. The number of carboxylic acid groups (broad SMARTS) is 1. The van der Waals surface area contributed by atoms with Crippen molar-refractivity contribution in [1.29, 1.82) is 0 Å². The van der Waals surface area contributed by atoms with E-state index in [1.807, 2.05) is 18.2 Å². The molecule has 108 valence electrons. The predicted molar refractivity (Wildman–Crippen MR) is 87.7 cm³/mol. The molecule has 0 atom stereocenters. The van der Waals surface area contributed by atoms with E-state index in [1.54, 1.807) is 11.8 Å². The number of carbonyl (C=O) groups excluding carboxylic acids is 1. The molecule has 1 amide bonds. The van der Waals surface area contributed by atoms with E-state index >= 15 is 0 Å². The van der Waals surface area contributed by atoms with Crippen LogP contribution in [0, 0.1) is 8.99 Å². The Labute approximate surface area is 139 Å². The lowest BCUT2D eigenvalue weighted by atomic mass is 9.80. The standard InChI is InChI=1S/C14H15BrINO3/c1-14(13(19)20)4-6-17(7-5-14)12(18)10-8-9(15)2-3-11(10)16/h2-3,8H,4-7H2,1H3,(H,19,20). The second-order valence-corrected chi connectivity index (χ2v) is 7.36. The van der Waals surface area contributed by atoms with Crippen LogP contribution in [0.2, 0.25) is 0 Å². The first kappa shape index (κ1) is 15.8. The maximum Gasteiger partial charge on any atom is 0.309 e. The van der Waals surface area contributed by atoms with Gasteiger partial charge in [-0.05, 0) is 60.6 Å². The van der Waals surface area contributed by atoms with Crippen LogP contribution < -0.4 is 0 Å². The van der Waals surface area contributed by atoms with Gasteiger partial charge in [-0.1, -0.05) is 15.9 Å². The second-order valence-electron chi connectivity index (χ2n) is 5.28. The highest BCUT2D eigenvalue weighted by molar-refractivity contribution is 14.1. The lowest BCUT2D eigenvalue weighted by Crippen LogP contribution is -2.45. The van der Waals surface area contributed by atoms with E-state index in [2.05, 4.69) is 38.5 Å². The van der Waals surface area contributed by atoms with Crippen molar-refractivity contribution >= 4 is 50.4 Å². The van der Waals surface area contributed by atoms with Crippen LogP contribution in [0.4, 0.5) is 0 Å². The molecular formula is C14H15BrINO3. The number of aliphatic carboxylic acids is 1. The molecule has 1 heterocycles. The SMILES string of the molecule is CC1(C(=O)O)CCN(C(=O)c2cc(Br)ccc2I)CC1. The normalized spacial score (nSPS) is 17.9. The zero-order valence-corrected chi connectivity index (χ0v) is 14.8. The van der Waals surface area contributed by atoms with Crippen LogP contribution in [0.25, 0.3) is 0 Å². The van der Waals surface area contributed by atoms with Gasteiger partial charge in [0.2, 0.25) is 0 Å². The van der Waals surface area contributed by atoms with Crippen molar-refractivity contribution in [1.82, 2.24) is 4.90 Å². The molecule has 2 rings (SSSR count). The van der Waals surface area contributed by atoms with Crippen molar-refractivity contribution in [3.05, 3.63) is 31.8 Å². The second kappa shape index (κ2) is 6.01. The molecule has 0 saturated carbocycles. The monoisotopic (exact) mass is 451 g/mol. The Morgan fingerprint density at radius 1 is 1.35 bits per heavy atom. The maximum atomic E-state index is 12.5. The minimum atomic E-state index is -0.776. The van der Waals surface area contributed by atoms with Gasteiger partial charge in [-0.2, -0.15) is 0 Å². The summed E-state index contributed by atoms with van der Waals surface area (Å²) in [5.41, 5.74) is -0.0415. The van der Waals surface area contributed by atoms with E-state index in [0.29, 0.717) is 31.5 Å². The maximum absolute atomic E-state index is 12.5. The molecule has 1 aliphatic rings. The summed E-state index contributed by atoms with van der Waals surface area (Å²) in [4.78, 5) is 25.5. The summed E-state index contributed by atoms with van der Waals surface area (Å²) in [7, 11) is 0. The van der Waals surface area contributed by atoms with E-state index in [4.69, 9.17) is 0 Å². The van der Waals surface area contributed by atoms with Gasteiger partial charge in [-0.15, -0.1) is 0 Å². The number of hydrogen-bond acceptors (Lipinski definition) is 2. The van der Waals surface area contributed by atoms with E-state index < -0.39 is 11.4 Å². The quantitative estimate of drug-likeness (QED) is 0.701. The van der Waals surface area contributed by atoms with Gasteiger partial charge in [-0.3, -0.25) is 9.59 Å². The highest BCUT2D eigenvalue weighted by Gasteiger charge is 2.38. The average molecular weight is 452 g/mol. The number of nitrogens with zero attached hydrogens (tertiary/aromatic N) is 1. The summed E-state index contributed by atoms with van der Waals surface area (Å²) in [6.45, 7) is 2.73. The molecule has 1 aromatic carbocycles. The number of carbonyl (C=O) groups is 2. The minimum Gasteiger partial charge on any atom is -0.481 e. The van der Waals surface area contributed by atoms with E-state index in [1.165, 1.54) is 0 Å². The first-order chi connectivity index (χ1) is 9.33. The first-order valence-electron chi connectivity index (χ1n) is 6.31. The van der Waals surface area contributed by atoms with Crippen LogP contribution in [-0.4, -0.2) is 35.0 Å². The zero-order chi connectivity index (χ0) is 14.9. The van der Waals surface area contributed by atoms with E-state index in [0.717, 1.165) is 8.04 Å². The Morgan fingerprint density at radius 2 is 1.95 bits per heavy atom. The van der Waals surface area contributed by atoms with Crippen LogP contribution in [0.1, 0.15) is 30.1 Å². The molecule has 4 nitrogen and oxygen atoms in total. The van der Waals surface area contributed by atoms with Crippen LogP contribution in [-0.2, 0) is 4.79 Å². The molecule has 20 heavy (non-hydrogen) atoms. The number of carboxylic acids is 1. The molecule has 1 aliphatic heterocycles. The van der Waals surface area contributed by atoms with Crippen LogP contribution in [0.5, 0.6) is 0 Å². The summed E-state index contributed by atoms with van der Waals surface area (Å²) in [6.07, 6.45) is 0.997. The Balaban J connectivity index is 2.13. The largest absolute Gasteiger partial charge is 0.481 e. The van der Waals surface area contributed by atoms with Crippen molar-refractivity contribution in [2.24, 2.45) is 5.41 Å². The number of benzene rings is 1. The van der Waals surface area contributed by atoms with Crippen LogP contribution in [0.15, 0.2) is 22.7 Å². The van der Waals surface area contributed by atoms with Gasteiger partial charge >= 0.3 is 5.97 Å². The van der Waals surface area contributed by atoms with Gasteiger partial charge in [0.25, 0.3) is 5.91 Å². The van der Waals surface area contributed by atoms with Gasteiger partial charge in [0.1, 0.15) is 0 Å². The lowest BCUT2D eigenvalue weighted by molar-refractivity contribution is -0.150. The average Bonchev–Trinajstić information content (AvgIpc) is 2.41. The third kappa shape index (κ3) is 3.16. The summed E-state index contributed by atoms with van der Waals surface area (Å²) in [5.74, 6) is -0.801. The lowest BCUT2D eigenvalue weighted by Gasteiger charge is -2.36. The fourth-order valence-electron chi connectivity index (χ4n) is 2.25. The molecule has 1 N–H and O–H groups in total. The number of rotatable bonds is 2. The molecule has 0 bridgehead atoms. The fourth-order valence-corrected chi connectivity index (χ4v) is 3.18. The zero-order valence-electron chi connectivity index (χ0n) is 11.0. The van der Waals surface area contributed by atoms with Crippen molar-refractivity contribution in [2.75, 3.05) is 13.1 Å². The summed E-state index contributed by atoms with van der Waals surface area (Å²) >= 11 is 5.52. The van der Waals surface area contributed by atoms with E-state index in [9.17, 15) is 14.7 Å². The molecule has 0 radical (unpaired) electrons. The van der Waals surface area contributed by atoms with Crippen LogP contribution >= 0.6 is 38.5 Å². The van der Waals surface area contributed by atoms with Gasteiger partial charge in [0.05, 0.1) is 11.0 Å². The number of amides is 1. The summed E-state index contributed by atoms with van der Waals surface area (Å²) in [5, 5.41) is 9.21. The van der Waals surface area contributed by atoms with Crippen molar-refractivity contribution < 1.29 is 14.7 Å². The topological polar surface area (TPSA) is 57.6 Å². The van der Waals surface area contributed by atoms with Crippen molar-refractivity contribution in [3.63, 3.8) is 0 Å². The molecule has 1 saturated heterocycles. The Bertz CT molecular complexity index is 553. The molecule has 0 unspecified atom stereocenters. The Kier molecular flexibility index (Phi) is 4.73. The van der Waals surface area contributed by atoms with Crippen molar-refractivity contribution in [2.45, 2.75) is 19.8 Å². The third-order valence-corrected chi connectivity index (χ3v) is 5.26. The number of piperidine rings is 1. The number of likely N-dealkylation sites (tertiary alicyclic amines) is 1. The molecule has 0 spiro atoms. The van der Waals surface area contributed by atoms with Gasteiger partial charge in [-0.25, -0.2) is 0 Å². The van der Waals surface area contributed by atoms with E-state index in [-0.39, 0.29) is 5.91 Å². The summed E-state index contributed by atoms with van der Waals surface area (Å²) < 4.78 is 1.77. The first-order valence-corrected chi connectivity index (χ1v) is 8.18. The molecule has 1 aromatic rings. The van der Waals surface area contributed by atoms with Gasteiger partial charge < -0.3 is 10.0 Å². The predicted octanol–water partition coefficient (Wildman–Crippen LogP) is 3.38. The number of halogens is 2. The van der Waals surface area contributed by atoms with Crippen molar-refractivity contribution in [3.8, 4) is 0 Å². The van der Waals surface area contributed by atoms with Gasteiger partial charge in [0.15, 0.2) is 0 Å². The van der Waals surface area contributed by atoms with Gasteiger partial charge in [0, 0.05) is 21.1 Å². The molecule has 1 fully saturated rings. The molecule has 6 heteroatoms. The number of hydrogen-bond donors (Lipinski definition) is 1. The molecule has 0 aliphatic carbocycles. The fraction of sp³-hybridized carbons (Fsp3) is 0.429. The Hall–Kier alpha value is -0.630. The smallest absolute Gasteiger partial charge is 0.309 e. The minimum absolute atomic E-state index is 0.0249. The summed E-state index contributed by atoms with van der Waals surface area (Å²) in [6, 6.07) is 5.61. The highest BCUT2D eigenvalue weighted by Crippen LogP contribution is 2.32. The molecular weight excluding hydrogens is 437 g/mol. The Morgan fingerprint density at radius 3 is 2.50 bits per heavy atom. The highest BCUT2D eigenvalue weighted by atomic mass is 127. The molecule has 0 aromatic heterocycles. The van der Waals surface area contributed by atoms with Crippen LogP contribution in [0.3, 0.4) is 0 Å².